The van der Waals surface area contributed by atoms with Crippen molar-refractivity contribution in [3.8, 4) is 0 Å². The molecule has 6 heteroatoms. The van der Waals surface area contributed by atoms with Gasteiger partial charge in [-0.05, 0) is 13.8 Å². The second kappa shape index (κ2) is 5.77. The molecule has 16 heavy (non-hydrogen) atoms. The summed E-state index contributed by atoms with van der Waals surface area (Å²) < 4.78 is 27.6. The molecule has 1 saturated heterocycles. The lowest BCUT2D eigenvalue weighted by atomic mass is 10.4. The van der Waals surface area contributed by atoms with E-state index >= 15 is 0 Å². The monoisotopic (exact) mass is 247 g/mol. The Labute approximate surface area is 98.3 Å². The van der Waals surface area contributed by atoms with E-state index in [0.717, 1.165) is 13.1 Å². The lowest BCUT2D eigenvalue weighted by molar-refractivity contribution is 0.299. The zero-order valence-electron chi connectivity index (χ0n) is 10.0. The molecular formula is C10H21N3O2S. The first-order chi connectivity index (χ1) is 7.50. The maximum Gasteiger partial charge on any atom is 0.282 e. The molecule has 0 spiro atoms. The van der Waals surface area contributed by atoms with E-state index in [1.54, 1.807) is 6.08 Å². The van der Waals surface area contributed by atoms with Crippen LogP contribution in [0.1, 0.15) is 13.8 Å². The average Bonchev–Trinajstić information content (AvgIpc) is 2.26. The van der Waals surface area contributed by atoms with Gasteiger partial charge in [-0.3, -0.25) is 0 Å². The third kappa shape index (κ3) is 3.04. The Hall–Kier alpha value is -0.430. The van der Waals surface area contributed by atoms with Crippen molar-refractivity contribution in [2.75, 3.05) is 32.7 Å². The fourth-order valence-electron chi connectivity index (χ4n) is 1.72. The Morgan fingerprint density at radius 1 is 1.44 bits per heavy atom. The van der Waals surface area contributed by atoms with Crippen LogP contribution in [-0.2, 0) is 10.2 Å². The molecule has 5 nitrogen and oxygen atoms in total. The van der Waals surface area contributed by atoms with Crippen LogP contribution in [0.5, 0.6) is 0 Å². The lowest BCUT2D eigenvalue weighted by Gasteiger charge is -2.33. The highest BCUT2D eigenvalue weighted by Crippen LogP contribution is 2.13. The Morgan fingerprint density at radius 2 is 2.00 bits per heavy atom. The van der Waals surface area contributed by atoms with Gasteiger partial charge in [0.1, 0.15) is 0 Å². The summed E-state index contributed by atoms with van der Waals surface area (Å²) in [7, 11) is -3.33. The Bertz CT molecular complexity index is 321. The highest BCUT2D eigenvalue weighted by Gasteiger charge is 2.31. The maximum atomic E-state index is 12.3. The normalized spacial score (nSPS) is 19.2. The molecule has 1 fully saturated rings. The maximum absolute atomic E-state index is 12.3. The number of nitrogens with one attached hydrogen (secondary N) is 1. The van der Waals surface area contributed by atoms with Crippen LogP contribution >= 0.6 is 0 Å². The van der Waals surface area contributed by atoms with Gasteiger partial charge < -0.3 is 5.32 Å². The first-order valence-corrected chi connectivity index (χ1v) is 6.98. The highest BCUT2D eigenvalue weighted by atomic mass is 32.2. The van der Waals surface area contributed by atoms with Gasteiger partial charge in [-0.2, -0.15) is 17.0 Å². The summed E-state index contributed by atoms with van der Waals surface area (Å²) in [6.07, 6.45) is 1.62. The zero-order valence-corrected chi connectivity index (χ0v) is 10.8. The van der Waals surface area contributed by atoms with Gasteiger partial charge in [0.15, 0.2) is 0 Å². The minimum Gasteiger partial charge on any atom is -0.314 e. The summed E-state index contributed by atoms with van der Waals surface area (Å²) in [6, 6.07) is -0.0436. The van der Waals surface area contributed by atoms with Gasteiger partial charge in [-0.1, -0.05) is 6.08 Å². The van der Waals surface area contributed by atoms with Crippen molar-refractivity contribution >= 4 is 10.2 Å². The van der Waals surface area contributed by atoms with Gasteiger partial charge in [-0.25, -0.2) is 0 Å². The number of piperazine rings is 1. The Morgan fingerprint density at radius 3 is 2.44 bits per heavy atom. The predicted molar refractivity (Wildman–Crippen MR) is 65.4 cm³/mol. The molecule has 0 aromatic heterocycles. The first kappa shape index (κ1) is 13.6. The molecule has 0 bridgehead atoms. The van der Waals surface area contributed by atoms with Crippen molar-refractivity contribution in [3.05, 3.63) is 12.7 Å². The van der Waals surface area contributed by atoms with Crippen LogP contribution in [0.25, 0.3) is 0 Å². The van der Waals surface area contributed by atoms with Gasteiger partial charge in [-0.15, -0.1) is 6.58 Å². The Balaban J connectivity index is 2.83. The van der Waals surface area contributed by atoms with Crippen molar-refractivity contribution < 1.29 is 8.42 Å². The second-order valence-electron chi connectivity index (χ2n) is 4.11. The summed E-state index contributed by atoms with van der Waals surface area (Å²) in [4.78, 5) is 0. The van der Waals surface area contributed by atoms with Gasteiger partial charge in [0.05, 0.1) is 0 Å². The minimum absolute atomic E-state index is 0.0436. The largest absolute Gasteiger partial charge is 0.314 e. The summed E-state index contributed by atoms with van der Waals surface area (Å²) in [6.45, 7) is 10.3. The number of hydrogen-bond donors (Lipinski definition) is 1. The van der Waals surface area contributed by atoms with E-state index in [9.17, 15) is 8.42 Å². The molecule has 1 aliphatic heterocycles. The fraction of sp³-hybridized carbons (Fsp3) is 0.800. The number of hydrogen-bond acceptors (Lipinski definition) is 3. The van der Waals surface area contributed by atoms with Gasteiger partial charge in [0.2, 0.25) is 0 Å². The molecule has 0 amide bonds. The Kier molecular flexibility index (Phi) is 4.91. The van der Waals surface area contributed by atoms with E-state index in [-0.39, 0.29) is 6.04 Å². The third-order valence-electron chi connectivity index (χ3n) is 2.58. The fourth-order valence-corrected chi connectivity index (χ4v) is 3.49. The molecule has 0 atom stereocenters. The first-order valence-electron chi connectivity index (χ1n) is 5.58. The standard InChI is InChI=1S/C10H21N3O2S/c1-4-7-13(10(2)3)16(14,15)12-8-5-11-6-9-12/h4,10-11H,1,5-9H2,2-3H3. The molecule has 0 unspecified atom stereocenters. The molecule has 1 aliphatic rings. The summed E-state index contributed by atoms with van der Waals surface area (Å²) in [5.41, 5.74) is 0. The van der Waals surface area contributed by atoms with E-state index < -0.39 is 10.2 Å². The van der Waals surface area contributed by atoms with E-state index in [2.05, 4.69) is 11.9 Å². The molecule has 0 aromatic rings. The van der Waals surface area contributed by atoms with Crippen molar-refractivity contribution in [2.45, 2.75) is 19.9 Å². The predicted octanol–water partition coefficient (Wildman–Crippen LogP) is 0.0328. The summed E-state index contributed by atoms with van der Waals surface area (Å²) in [5.74, 6) is 0. The van der Waals surface area contributed by atoms with Crippen LogP contribution < -0.4 is 5.32 Å². The van der Waals surface area contributed by atoms with Crippen LogP contribution in [0.4, 0.5) is 0 Å². The van der Waals surface area contributed by atoms with E-state index in [0.29, 0.717) is 19.6 Å². The van der Waals surface area contributed by atoms with Gasteiger partial charge in [0.25, 0.3) is 10.2 Å². The molecule has 0 aliphatic carbocycles. The zero-order chi connectivity index (χ0) is 12.2. The minimum atomic E-state index is -3.33. The molecular weight excluding hydrogens is 226 g/mol. The van der Waals surface area contributed by atoms with Crippen LogP contribution in [0.3, 0.4) is 0 Å². The van der Waals surface area contributed by atoms with E-state index in [4.69, 9.17) is 0 Å². The van der Waals surface area contributed by atoms with Crippen molar-refractivity contribution in [1.29, 1.82) is 0 Å². The molecule has 0 radical (unpaired) electrons. The molecule has 0 aromatic carbocycles. The highest BCUT2D eigenvalue weighted by molar-refractivity contribution is 7.86. The third-order valence-corrected chi connectivity index (χ3v) is 4.76. The van der Waals surface area contributed by atoms with Gasteiger partial charge in [0, 0.05) is 38.8 Å². The van der Waals surface area contributed by atoms with Crippen LogP contribution in [-0.4, -0.2) is 55.8 Å². The summed E-state index contributed by atoms with van der Waals surface area (Å²) >= 11 is 0. The lowest BCUT2D eigenvalue weighted by Crippen LogP contribution is -2.53. The summed E-state index contributed by atoms with van der Waals surface area (Å²) in [5, 5.41) is 3.14. The van der Waals surface area contributed by atoms with Crippen LogP contribution in [0.2, 0.25) is 0 Å². The topological polar surface area (TPSA) is 52.7 Å². The van der Waals surface area contributed by atoms with E-state index in [1.165, 1.54) is 8.61 Å². The van der Waals surface area contributed by atoms with Crippen LogP contribution in [0, 0.1) is 0 Å². The SMILES string of the molecule is C=CCN(C(C)C)S(=O)(=O)N1CCNCC1. The van der Waals surface area contributed by atoms with Gasteiger partial charge >= 0.3 is 0 Å². The molecule has 1 rings (SSSR count). The quantitative estimate of drug-likeness (QED) is 0.698. The molecule has 0 saturated carbocycles. The van der Waals surface area contributed by atoms with Crippen molar-refractivity contribution in [1.82, 2.24) is 13.9 Å². The smallest absolute Gasteiger partial charge is 0.282 e. The molecule has 1 N–H and O–H groups in total. The second-order valence-corrected chi connectivity index (χ2v) is 5.99. The van der Waals surface area contributed by atoms with E-state index in [1.807, 2.05) is 13.8 Å². The molecule has 1 heterocycles. The van der Waals surface area contributed by atoms with Crippen molar-refractivity contribution in [3.63, 3.8) is 0 Å². The number of nitrogens with zero attached hydrogens (tertiary/aromatic N) is 2. The van der Waals surface area contributed by atoms with Crippen LogP contribution in [0.15, 0.2) is 12.7 Å². The number of rotatable bonds is 5. The molecule has 94 valence electrons. The van der Waals surface area contributed by atoms with Crippen molar-refractivity contribution in [2.24, 2.45) is 0 Å². The average molecular weight is 247 g/mol.